The molecule has 0 radical (unpaired) electrons. The Labute approximate surface area is 85.7 Å². The SMILES string of the molecule is O=CCOc1cccnc1-c1ncco1. The molecule has 15 heavy (non-hydrogen) atoms. The first-order chi connectivity index (χ1) is 7.42. The number of hydrogen-bond acceptors (Lipinski definition) is 5. The molecule has 0 aliphatic heterocycles. The summed E-state index contributed by atoms with van der Waals surface area (Å²) >= 11 is 0. The molecule has 2 rings (SSSR count). The van der Waals surface area contributed by atoms with E-state index in [2.05, 4.69) is 9.97 Å². The maximum atomic E-state index is 10.2. The van der Waals surface area contributed by atoms with Crippen LogP contribution in [0.25, 0.3) is 11.6 Å². The number of oxazole rings is 1. The lowest BCUT2D eigenvalue weighted by Crippen LogP contribution is -2.00. The fraction of sp³-hybridized carbons (Fsp3) is 0.100. The van der Waals surface area contributed by atoms with E-state index in [0.717, 1.165) is 0 Å². The van der Waals surface area contributed by atoms with Crippen molar-refractivity contribution in [2.45, 2.75) is 0 Å². The highest BCUT2D eigenvalue weighted by Gasteiger charge is 2.10. The molecule has 0 saturated carbocycles. The lowest BCUT2D eigenvalue weighted by atomic mass is 10.3. The summed E-state index contributed by atoms with van der Waals surface area (Å²) in [6.45, 7) is -0.0145. The van der Waals surface area contributed by atoms with Crippen molar-refractivity contribution in [2.75, 3.05) is 6.61 Å². The standard InChI is InChI=1S/C10H8N2O3/c13-5-7-14-8-2-1-3-11-9(8)10-12-4-6-15-10/h1-6H,7H2. The van der Waals surface area contributed by atoms with Gasteiger partial charge in [-0.25, -0.2) is 9.97 Å². The van der Waals surface area contributed by atoms with Crippen LogP contribution in [0.2, 0.25) is 0 Å². The van der Waals surface area contributed by atoms with E-state index in [1.807, 2.05) is 0 Å². The van der Waals surface area contributed by atoms with Gasteiger partial charge in [-0.3, -0.25) is 4.79 Å². The van der Waals surface area contributed by atoms with Crippen LogP contribution in [0.15, 0.2) is 35.2 Å². The predicted octanol–water partition coefficient (Wildman–Crippen LogP) is 1.31. The van der Waals surface area contributed by atoms with Gasteiger partial charge in [-0.1, -0.05) is 0 Å². The molecule has 0 atom stereocenters. The van der Waals surface area contributed by atoms with Crippen molar-refractivity contribution < 1.29 is 13.9 Å². The van der Waals surface area contributed by atoms with Crippen molar-refractivity contribution in [3.8, 4) is 17.3 Å². The Kier molecular flexibility index (Phi) is 2.73. The van der Waals surface area contributed by atoms with Gasteiger partial charge in [0.2, 0.25) is 5.89 Å². The van der Waals surface area contributed by atoms with E-state index in [9.17, 15) is 4.79 Å². The van der Waals surface area contributed by atoms with Crippen molar-refractivity contribution in [3.05, 3.63) is 30.8 Å². The molecule has 0 N–H and O–H groups in total. The Bertz CT molecular complexity index is 440. The highest BCUT2D eigenvalue weighted by atomic mass is 16.5. The normalized spacial score (nSPS) is 9.87. The highest BCUT2D eigenvalue weighted by Crippen LogP contribution is 2.25. The average Bonchev–Trinajstić information content (AvgIpc) is 2.80. The molecule has 5 nitrogen and oxygen atoms in total. The molecule has 5 heteroatoms. The fourth-order valence-electron chi connectivity index (χ4n) is 1.13. The first kappa shape index (κ1) is 9.39. The summed E-state index contributed by atoms with van der Waals surface area (Å²) < 4.78 is 10.3. The molecule has 0 aliphatic carbocycles. The van der Waals surface area contributed by atoms with E-state index < -0.39 is 0 Å². The average molecular weight is 204 g/mol. The van der Waals surface area contributed by atoms with Crippen molar-refractivity contribution in [1.82, 2.24) is 9.97 Å². The second-order valence-electron chi connectivity index (χ2n) is 2.67. The Morgan fingerprint density at radius 1 is 1.40 bits per heavy atom. The van der Waals surface area contributed by atoms with E-state index in [1.165, 1.54) is 12.5 Å². The Hall–Kier alpha value is -2.17. The van der Waals surface area contributed by atoms with Gasteiger partial charge in [-0.05, 0) is 12.1 Å². The molecular formula is C10H8N2O3. The molecule has 0 bridgehead atoms. The highest BCUT2D eigenvalue weighted by molar-refractivity contribution is 5.58. The molecule has 2 aromatic heterocycles. The first-order valence-electron chi connectivity index (χ1n) is 4.33. The van der Waals surface area contributed by atoms with Crippen molar-refractivity contribution in [2.24, 2.45) is 0 Å². The molecule has 2 heterocycles. The van der Waals surface area contributed by atoms with Crippen LogP contribution in [0.5, 0.6) is 5.75 Å². The summed E-state index contributed by atoms with van der Waals surface area (Å²) in [5.41, 5.74) is 0.490. The van der Waals surface area contributed by atoms with Crippen LogP contribution in [-0.2, 0) is 4.79 Å². The van der Waals surface area contributed by atoms with E-state index in [-0.39, 0.29) is 6.61 Å². The first-order valence-corrected chi connectivity index (χ1v) is 4.33. The summed E-state index contributed by atoms with van der Waals surface area (Å²) in [5, 5.41) is 0. The zero-order valence-electron chi connectivity index (χ0n) is 7.79. The van der Waals surface area contributed by atoms with Crippen molar-refractivity contribution in [3.63, 3.8) is 0 Å². The van der Waals surface area contributed by atoms with Gasteiger partial charge in [0.25, 0.3) is 0 Å². The second kappa shape index (κ2) is 4.36. The third kappa shape index (κ3) is 2.01. The number of rotatable bonds is 4. The van der Waals surface area contributed by atoms with E-state index in [0.29, 0.717) is 23.6 Å². The molecule has 0 spiro atoms. The number of hydrogen-bond donors (Lipinski definition) is 0. The van der Waals surface area contributed by atoms with Crippen LogP contribution in [0.1, 0.15) is 0 Å². The molecule has 76 valence electrons. The number of nitrogens with zero attached hydrogens (tertiary/aromatic N) is 2. The van der Waals surface area contributed by atoms with Crippen LogP contribution >= 0.6 is 0 Å². The van der Waals surface area contributed by atoms with Crippen LogP contribution < -0.4 is 4.74 Å². The Balaban J connectivity index is 2.34. The van der Waals surface area contributed by atoms with Crippen LogP contribution in [0.3, 0.4) is 0 Å². The summed E-state index contributed by atoms with van der Waals surface area (Å²) in [4.78, 5) is 18.2. The zero-order valence-corrected chi connectivity index (χ0v) is 7.79. The number of ether oxygens (including phenoxy) is 1. The minimum absolute atomic E-state index is 0.0145. The maximum absolute atomic E-state index is 10.2. The van der Waals surface area contributed by atoms with Gasteiger partial charge in [-0.15, -0.1) is 0 Å². The van der Waals surface area contributed by atoms with Crippen LogP contribution in [0.4, 0.5) is 0 Å². The number of carbonyl (C=O) groups is 1. The number of pyridine rings is 1. The minimum Gasteiger partial charge on any atom is -0.484 e. The van der Waals surface area contributed by atoms with Gasteiger partial charge in [0.15, 0.2) is 17.7 Å². The molecule has 0 aromatic carbocycles. The number of aromatic nitrogens is 2. The number of aldehydes is 1. The summed E-state index contributed by atoms with van der Waals surface area (Å²) in [5.74, 6) is 0.851. The van der Waals surface area contributed by atoms with Crippen LogP contribution in [0, 0.1) is 0 Å². The van der Waals surface area contributed by atoms with Crippen molar-refractivity contribution in [1.29, 1.82) is 0 Å². The zero-order chi connectivity index (χ0) is 10.5. The lowest BCUT2D eigenvalue weighted by Gasteiger charge is -2.04. The van der Waals surface area contributed by atoms with Gasteiger partial charge in [0.05, 0.1) is 6.20 Å². The van der Waals surface area contributed by atoms with Crippen molar-refractivity contribution >= 4 is 6.29 Å². The fourth-order valence-corrected chi connectivity index (χ4v) is 1.13. The minimum atomic E-state index is -0.0145. The Morgan fingerprint density at radius 3 is 3.07 bits per heavy atom. The molecule has 0 amide bonds. The molecule has 0 aliphatic rings. The van der Waals surface area contributed by atoms with Gasteiger partial charge < -0.3 is 9.15 Å². The second-order valence-corrected chi connectivity index (χ2v) is 2.67. The topological polar surface area (TPSA) is 65.2 Å². The van der Waals surface area contributed by atoms with Gasteiger partial charge >= 0.3 is 0 Å². The van der Waals surface area contributed by atoms with E-state index >= 15 is 0 Å². The van der Waals surface area contributed by atoms with E-state index in [4.69, 9.17) is 9.15 Å². The largest absolute Gasteiger partial charge is 0.484 e. The van der Waals surface area contributed by atoms with E-state index in [1.54, 1.807) is 18.3 Å². The molecular weight excluding hydrogens is 196 g/mol. The smallest absolute Gasteiger partial charge is 0.248 e. The molecule has 0 saturated heterocycles. The monoisotopic (exact) mass is 204 g/mol. The third-order valence-electron chi connectivity index (χ3n) is 1.71. The maximum Gasteiger partial charge on any atom is 0.248 e. The lowest BCUT2D eigenvalue weighted by molar-refractivity contribution is -0.109. The molecule has 0 fully saturated rings. The summed E-state index contributed by atoms with van der Waals surface area (Å²) in [6, 6.07) is 3.42. The van der Waals surface area contributed by atoms with Crippen LogP contribution in [-0.4, -0.2) is 22.9 Å². The van der Waals surface area contributed by atoms with Gasteiger partial charge in [0, 0.05) is 6.20 Å². The van der Waals surface area contributed by atoms with Gasteiger partial charge in [-0.2, -0.15) is 0 Å². The molecule has 0 unspecified atom stereocenters. The summed E-state index contributed by atoms with van der Waals surface area (Å²) in [6.07, 6.45) is 5.25. The Morgan fingerprint density at radius 2 is 2.33 bits per heavy atom. The quantitative estimate of drug-likeness (QED) is 0.702. The predicted molar refractivity (Wildman–Crippen MR) is 51.3 cm³/mol. The molecule has 2 aromatic rings. The third-order valence-corrected chi connectivity index (χ3v) is 1.71. The number of carbonyl (C=O) groups excluding carboxylic acids is 1. The van der Waals surface area contributed by atoms with Gasteiger partial charge in [0.1, 0.15) is 12.9 Å². The summed E-state index contributed by atoms with van der Waals surface area (Å²) in [7, 11) is 0.